The van der Waals surface area contributed by atoms with Crippen LogP contribution >= 0.6 is 0 Å². The van der Waals surface area contributed by atoms with Crippen molar-refractivity contribution in [1.29, 1.82) is 0 Å². The zero-order valence-corrected chi connectivity index (χ0v) is 13.0. The van der Waals surface area contributed by atoms with E-state index in [0.29, 0.717) is 0 Å². The average Bonchev–Trinajstić information content (AvgIpc) is 2.57. The van der Waals surface area contributed by atoms with Gasteiger partial charge in [-0.3, -0.25) is 0 Å². The molecule has 2 aromatic carbocycles. The Morgan fingerprint density at radius 1 is 0.864 bits per heavy atom. The van der Waals surface area contributed by atoms with E-state index in [9.17, 15) is 4.39 Å². The van der Waals surface area contributed by atoms with Gasteiger partial charge in [0.25, 0.3) is 0 Å². The van der Waals surface area contributed by atoms with E-state index in [1.165, 1.54) is 24.8 Å². The molecule has 0 aliphatic heterocycles. The fraction of sp³-hybridized carbons (Fsp3) is 0.400. The lowest BCUT2D eigenvalue weighted by molar-refractivity contribution is 0.225. The van der Waals surface area contributed by atoms with Crippen LogP contribution in [0.5, 0.6) is 0 Å². The molecule has 2 heteroatoms. The molecule has 0 unspecified atom stereocenters. The summed E-state index contributed by atoms with van der Waals surface area (Å²) < 4.78 is 14.1. The molecule has 0 spiro atoms. The number of halogens is 1. The molecule has 116 valence electrons. The molecule has 0 aromatic heterocycles. The molecular formula is C20H24FN. The summed E-state index contributed by atoms with van der Waals surface area (Å²) in [5.41, 5.74) is 2.17. The van der Waals surface area contributed by atoms with E-state index in [1.54, 1.807) is 12.1 Å². The van der Waals surface area contributed by atoms with E-state index in [0.717, 1.165) is 31.4 Å². The summed E-state index contributed by atoms with van der Waals surface area (Å²) in [7, 11) is 0. The molecule has 0 bridgehead atoms. The third-order valence-corrected chi connectivity index (χ3v) is 4.81. The zero-order chi connectivity index (χ0) is 15.3. The second-order valence-electron chi connectivity index (χ2n) is 6.45. The number of rotatable bonds is 5. The number of hydrogen-bond acceptors (Lipinski definition) is 1. The minimum absolute atomic E-state index is 0.0380. The highest BCUT2D eigenvalue weighted by molar-refractivity contribution is 5.21. The van der Waals surface area contributed by atoms with Gasteiger partial charge in [-0.25, -0.2) is 4.39 Å². The first-order valence-electron chi connectivity index (χ1n) is 8.30. The molecule has 0 amide bonds. The van der Waals surface area contributed by atoms with Crippen molar-refractivity contribution in [3.63, 3.8) is 0 Å². The SMILES string of the molecule is Fc1ccccc1CC1(NCc2ccccc2)CCCCC1. The van der Waals surface area contributed by atoms with Crippen LogP contribution in [0.2, 0.25) is 0 Å². The van der Waals surface area contributed by atoms with E-state index in [4.69, 9.17) is 0 Å². The van der Waals surface area contributed by atoms with Gasteiger partial charge in [0.15, 0.2) is 0 Å². The van der Waals surface area contributed by atoms with Crippen molar-refractivity contribution in [2.24, 2.45) is 0 Å². The van der Waals surface area contributed by atoms with Crippen molar-refractivity contribution in [3.05, 3.63) is 71.5 Å². The molecule has 1 nitrogen and oxygen atoms in total. The van der Waals surface area contributed by atoms with Gasteiger partial charge >= 0.3 is 0 Å². The largest absolute Gasteiger partial charge is 0.307 e. The molecule has 1 aliphatic rings. The molecule has 0 heterocycles. The second kappa shape index (κ2) is 7.06. The molecule has 3 rings (SSSR count). The smallest absolute Gasteiger partial charge is 0.126 e. The fourth-order valence-corrected chi connectivity index (χ4v) is 3.54. The molecule has 0 radical (unpaired) electrons. The van der Waals surface area contributed by atoms with E-state index in [1.807, 2.05) is 18.2 Å². The Labute approximate surface area is 132 Å². The van der Waals surface area contributed by atoms with Crippen molar-refractivity contribution in [2.75, 3.05) is 0 Å². The molecule has 0 saturated heterocycles. The Morgan fingerprint density at radius 3 is 2.27 bits per heavy atom. The van der Waals surface area contributed by atoms with E-state index < -0.39 is 0 Å². The van der Waals surface area contributed by atoms with E-state index in [2.05, 4.69) is 29.6 Å². The third-order valence-electron chi connectivity index (χ3n) is 4.81. The fourth-order valence-electron chi connectivity index (χ4n) is 3.54. The van der Waals surface area contributed by atoms with Crippen LogP contribution in [-0.2, 0) is 13.0 Å². The van der Waals surface area contributed by atoms with Crippen molar-refractivity contribution in [1.82, 2.24) is 5.32 Å². The molecular weight excluding hydrogens is 273 g/mol. The molecule has 1 saturated carbocycles. The molecule has 2 aromatic rings. The minimum atomic E-state index is -0.0750. The Kier molecular flexibility index (Phi) is 4.89. The Balaban J connectivity index is 1.74. The third kappa shape index (κ3) is 3.75. The van der Waals surface area contributed by atoms with Crippen LogP contribution in [0.1, 0.15) is 43.2 Å². The van der Waals surface area contributed by atoms with Crippen molar-refractivity contribution < 1.29 is 4.39 Å². The van der Waals surface area contributed by atoms with Gasteiger partial charge in [-0.1, -0.05) is 67.8 Å². The first-order chi connectivity index (χ1) is 10.8. The summed E-state index contributed by atoms with van der Waals surface area (Å²) in [6.45, 7) is 0.856. The highest BCUT2D eigenvalue weighted by Gasteiger charge is 2.32. The van der Waals surface area contributed by atoms with Gasteiger partial charge in [-0.15, -0.1) is 0 Å². The molecule has 1 fully saturated rings. The summed E-state index contributed by atoms with van der Waals surface area (Å²) in [5.74, 6) is -0.0750. The maximum Gasteiger partial charge on any atom is 0.126 e. The van der Waals surface area contributed by atoms with Crippen LogP contribution in [0, 0.1) is 5.82 Å². The summed E-state index contributed by atoms with van der Waals surface area (Å²) in [6, 6.07) is 17.7. The van der Waals surface area contributed by atoms with Crippen molar-refractivity contribution in [2.45, 2.75) is 50.6 Å². The van der Waals surface area contributed by atoms with Crippen LogP contribution in [0.3, 0.4) is 0 Å². The van der Waals surface area contributed by atoms with Crippen LogP contribution < -0.4 is 5.32 Å². The van der Waals surface area contributed by atoms with Gasteiger partial charge in [0.2, 0.25) is 0 Å². The predicted octanol–water partition coefficient (Wildman–Crippen LogP) is 4.86. The highest BCUT2D eigenvalue weighted by Crippen LogP contribution is 2.32. The topological polar surface area (TPSA) is 12.0 Å². The monoisotopic (exact) mass is 297 g/mol. The standard InChI is InChI=1S/C20H24FN/c21-19-12-6-5-11-18(19)15-20(13-7-2-8-14-20)22-16-17-9-3-1-4-10-17/h1,3-6,9-12,22H,2,7-8,13-16H2. The highest BCUT2D eigenvalue weighted by atomic mass is 19.1. The zero-order valence-electron chi connectivity index (χ0n) is 13.0. The molecule has 1 aliphatic carbocycles. The maximum atomic E-state index is 14.1. The van der Waals surface area contributed by atoms with Crippen LogP contribution in [0.15, 0.2) is 54.6 Å². The van der Waals surface area contributed by atoms with E-state index >= 15 is 0 Å². The number of benzene rings is 2. The summed E-state index contributed by atoms with van der Waals surface area (Å²) in [6.07, 6.45) is 6.81. The van der Waals surface area contributed by atoms with Gasteiger partial charge in [0.1, 0.15) is 5.82 Å². The predicted molar refractivity (Wildman–Crippen MR) is 89.2 cm³/mol. The first kappa shape index (κ1) is 15.2. The molecule has 1 N–H and O–H groups in total. The average molecular weight is 297 g/mol. The summed E-state index contributed by atoms with van der Waals surface area (Å²) in [5, 5.41) is 3.76. The number of hydrogen-bond donors (Lipinski definition) is 1. The van der Waals surface area contributed by atoms with Crippen molar-refractivity contribution >= 4 is 0 Å². The van der Waals surface area contributed by atoms with Crippen LogP contribution in [-0.4, -0.2) is 5.54 Å². The van der Waals surface area contributed by atoms with Gasteiger partial charge < -0.3 is 5.32 Å². The lowest BCUT2D eigenvalue weighted by Gasteiger charge is -2.39. The Bertz CT molecular complexity index is 588. The Hall–Kier alpha value is -1.67. The Morgan fingerprint density at radius 2 is 1.55 bits per heavy atom. The van der Waals surface area contributed by atoms with Crippen molar-refractivity contribution in [3.8, 4) is 0 Å². The minimum Gasteiger partial charge on any atom is -0.307 e. The second-order valence-corrected chi connectivity index (χ2v) is 6.45. The summed E-state index contributed by atoms with van der Waals surface area (Å²) in [4.78, 5) is 0. The maximum absolute atomic E-state index is 14.1. The normalized spacial score (nSPS) is 17.3. The quantitative estimate of drug-likeness (QED) is 0.831. The molecule has 22 heavy (non-hydrogen) atoms. The molecule has 0 atom stereocenters. The lowest BCUT2D eigenvalue weighted by atomic mass is 9.77. The number of nitrogens with one attached hydrogen (secondary N) is 1. The van der Waals surface area contributed by atoms with Gasteiger partial charge in [-0.05, 0) is 36.5 Å². The van der Waals surface area contributed by atoms with E-state index in [-0.39, 0.29) is 11.4 Å². The van der Waals surface area contributed by atoms with Gasteiger partial charge in [-0.2, -0.15) is 0 Å². The summed E-state index contributed by atoms with van der Waals surface area (Å²) >= 11 is 0. The van der Waals surface area contributed by atoms with Gasteiger partial charge in [0.05, 0.1) is 0 Å². The van der Waals surface area contributed by atoms with Crippen LogP contribution in [0.25, 0.3) is 0 Å². The van der Waals surface area contributed by atoms with Crippen LogP contribution in [0.4, 0.5) is 4.39 Å². The first-order valence-corrected chi connectivity index (χ1v) is 8.30. The van der Waals surface area contributed by atoms with Gasteiger partial charge in [0, 0.05) is 12.1 Å². The lowest BCUT2D eigenvalue weighted by Crippen LogP contribution is -2.48.